The number of nitrogens with one attached hydrogen (secondary N) is 1. The molecule has 0 aliphatic rings. The van der Waals surface area contributed by atoms with E-state index in [1.54, 1.807) is 35.1 Å². The van der Waals surface area contributed by atoms with Crippen LogP contribution in [-0.2, 0) is 11.3 Å². The van der Waals surface area contributed by atoms with Crippen LogP contribution in [0.4, 0.5) is 0 Å². The molecule has 0 saturated carbocycles. The summed E-state index contributed by atoms with van der Waals surface area (Å²) < 4.78 is 7.21. The summed E-state index contributed by atoms with van der Waals surface area (Å²) in [6.07, 6.45) is 3.61. The highest BCUT2D eigenvalue weighted by Gasteiger charge is 2.04. The number of nitrogens with zero attached hydrogens (tertiary/aromatic N) is 2. The first-order chi connectivity index (χ1) is 9.75. The average Bonchev–Trinajstić information content (AvgIpc) is 2.95. The molecule has 106 valence electrons. The van der Waals surface area contributed by atoms with Crippen LogP contribution in [0.25, 0.3) is 0 Å². The van der Waals surface area contributed by atoms with E-state index < -0.39 is 0 Å². The van der Waals surface area contributed by atoms with Gasteiger partial charge in [-0.15, -0.1) is 0 Å². The number of ether oxygens (including phenoxy) is 1. The number of carbonyl (C=O) groups excluding carboxylic acids is 1. The molecule has 1 aromatic heterocycles. The van der Waals surface area contributed by atoms with Crippen molar-refractivity contribution in [2.75, 3.05) is 19.8 Å². The lowest BCUT2D eigenvalue weighted by molar-refractivity contribution is 0.0906. The fourth-order valence-electron chi connectivity index (χ4n) is 1.66. The molecule has 6 heteroatoms. The Morgan fingerprint density at radius 3 is 3.00 bits per heavy atom. The standard InChI is InChI=1S/C14H16ClN3O2/c15-13-4-1-3-12(11-13)14(19)16-6-9-20-10-8-18-7-2-5-17-18/h1-5,7,11H,6,8-10H2,(H,16,19). The van der Waals surface area contributed by atoms with Crippen LogP contribution in [0.3, 0.4) is 0 Å². The van der Waals surface area contributed by atoms with E-state index >= 15 is 0 Å². The predicted octanol–water partition coefficient (Wildman–Crippen LogP) is 1.98. The third-order valence-corrected chi connectivity index (χ3v) is 2.88. The van der Waals surface area contributed by atoms with Gasteiger partial charge in [-0.05, 0) is 24.3 Å². The lowest BCUT2D eigenvalue weighted by Crippen LogP contribution is -2.27. The van der Waals surface area contributed by atoms with E-state index in [0.29, 0.717) is 36.9 Å². The van der Waals surface area contributed by atoms with Gasteiger partial charge in [-0.1, -0.05) is 17.7 Å². The molecule has 1 heterocycles. The van der Waals surface area contributed by atoms with E-state index in [1.807, 2.05) is 12.3 Å². The van der Waals surface area contributed by atoms with Crippen molar-refractivity contribution in [3.8, 4) is 0 Å². The summed E-state index contributed by atoms with van der Waals surface area (Å²) in [4.78, 5) is 11.8. The van der Waals surface area contributed by atoms with Crippen molar-refractivity contribution in [3.63, 3.8) is 0 Å². The Balaban J connectivity index is 1.60. The third kappa shape index (κ3) is 4.68. The highest BCUT2D eigenvalue weighted by atomic mass is 35.5. The molecule has 0 aliphatic heterocycles. The Labute approximate surface area is 122 Å². The molecule has 5 nitrogen and oxygen atoms in total. The lowest BCUT2D eigenvalue weighted by Gasteiger charge is -2.07. The molecule has 0 unspecified atom stereocenters. The molecule has 0 fully saturated rings. The van der Waals surface area contributed by atoms with E-state index in [9.17, 15) is 4.79 Å². The molecule has 1 amide bonds. The number of halogens is 1. The largest absolute Gasteiger partial charge is 0.378 e. The summed E-state index contributed by atoms with van der Waals surface area (Å²) in [6, 6.07) is 8.70. The van der Waals surface area contributed by atoms with Crippen molar-refractivity contribution < 1.29 is 9.53 Å². The van der Waals surface area contributed by atoms with Crippen LogP contribution in [0, 0.1) is 0 Å². The molecule has 2 aromatic rings. The highest BCUT2D eigenvalue weighted by Crippen LogP contribution is 2.10. The van der Waals surface area contributed by atoms with Crippen molar-refractivity contribution in [3.05, 3.63) is 53.3 Å². The summed E-state index contributed by atoms with van der Waals surface area (Å²) in [5, 5.41) is 7.39. The van der Waals surface area contributed by atoms with Gasteiger partial charge in [-0.2, -0.15) is 5.10 Å². The number of rotatable bonds is 7. The first-order valence-electron chi connectivity index (χ1n) is 6.34. The van der Waals surface area contributed by atoms with Gasteiger partial charge in [0.2, 0.25) is 0 Å². The van der Waals surface area contributed by atoms with Crippen molar-refractivity contribution in [1.29, 1.82) is 0 Å². The second-order valence-electron chi connectivity index (χ2n) is 4.15. The van der Waals surface area contributed by atoms with Gasteiger partial charge in [0.15, 0.2) is 0 Å². The van der Waals surface area contributed by atoms with Crippen LogP contribution >= 0.6 is 11.6 Å². The second-order valence-corrected chi connectivity index (χ2v) is 4.58. The molecule has 0 spiro atoms. The van der Waals surface area contributed by atoms with E-state index in [4.69, 9.17) is 16.3 Å². The monoisotopic (exact) mass is 293 g/mol. The first kappa shape index (κ1) is 14.6. The summed E-state index contributed by atoms with van der Waals surface area (Å²) in [5.41, 5.74) is 0.550. The Morgan fingerprint density at radius 2 is 2.25 bits per heavy atom. The summed E-state index contributed by atoms with van der Waals surface area (Å²) in [6.45, 7) is 2.20. The van der Waals surface area contributed by atoms with Gasteiger partial charge in [0.05, 0.1) is 19.8 Å². The first-order valence-corrected chi connectivity index (χ1v) is 6.72. The van der Waals surface area contributed by atoms with Crippen LogP contribution in [0.2, 0.25) is 5.02 Å². The number of amides is 1. The Kier molecular flexibility index (Phi) is 5.58. The van der Waals surface area contributed by atoms with Crippen molar-refractivity contribution in [2.24, 2.45) is 0 Å². The molecule has 0 saturated heterocycles. The molecule has 2 rings (SSSR count). The van der Waals surface area contributed by atoms with E-state index in [2.05, 4.69) is 10.4 Å². The van der Waals surface area contributed by atoms with Crippen molar-refractivity contribution in [2.45, 2.75) is 6.54 Å². The Hall–Kier alpha value is -1.85. The molecule has 0 atom stereocenters. The van der Waals surface area contributed by atoms with Crippen LogP contribution in [0.15, 0.2) is 42.7 Å². The number of benzene rings is 1. The summed E-state index contributed by atoms with van der Waals surface area (Å²) in [7, 11) is 0. The number of aromatic nitrogens is 2. The number of hydrogen-bond donors (Lipinski definition) is 1. The van der Waals surface area contributed by atoms with Crippen molar-refractivity contribution in [1.82, 2.24) is 15.1 Å². The van der Waals surface area contributed by atoms with Gasteiger partial charge >= 0.3 is 0 Å². The number of carbonyl (C=O) groups is 1. The zero-order valence-corrected chi connectivity index (χ0v) is 11.7. The van der Waals surface area contributed by atoms with E-state index in [1.165, 1.54) is 0 Å². The summed E-state index contributed by atoms with van der Waals surface area (Å²) >= 11 is 5.83. The highest BCUT2D eigenvalue weighted by molar-refractivity contribution is 6.30. The van der Waals surface area contributed by atoms with E-state index in [0.717, 1.165) is 0 Å². The number of hydrogen-bond acceptors (Lipinski definition) is 3. The minimum atomic E-state index is -0.150. The Bertz CT molecular complexity index is 543. The fraction of sp³-hybridized carbons (Fsp3) is 0.286. The average molecular weight is 294 g/mol. The molecule has 0 radical (unpaired) electrons. The SMILES string of the molecule is O=C(NCCOCCn1cccn1)c1cccc(Cl)c1. The third-order valence-electron chi connectivity index (χ3n) is 2.64. The van der Waals surface area contributed by atoms with E-state index in [-0.39, 0.29) is 5.91 Å². The molecule has 0 bridgehead atoms. The van der Waals surface area contributed by atoms with Gasteiger partial charge in [0.1, 0.15) is 0 Å². The van der Waals surface area contributed by atoms with Gasteiger partial charge in [-0.25, -0.2) is 0 Å². The topological polar surface area (TPSA) is 56.1 Å². The fourth-order valence-corrected chi connectivity index (χ4v) is 1.85. The van der Waals surface area contributed by atoms with Gasteiger partial charge < -0.3 is 10.1 Å². The van der Waals surface area contributed by atoms with Gasteiger partial charge in [0, 0.05) is 29.5 Å². The van der Waals surface area contributed by atoms with Crippen LogP contribution < -0.4 is 5.32 Å². The maximum absolute atomic E-state index is 11.8. The molecular weight excluding hydrogens is 278 g/mol. The molecule has 1 aromatic carbocycles. The van der Waals surface area contributed by atoms with Crippen LogP contribution in [0.5, 0.6) is 0 Å². The molecule has 1 N–H and O–H groups in total. The second kappa shape index (κ2) is 7.67. The minimum Gasteiger partial charge on any atom is -0.378 e. The maximum atomic E-state index is 11.8. The molecule has 0 aliphatic carbocycles. The van der Waals surface area contributed by atoms with Gasteiger partial charge in [-0.3, -0.25) is 9.48 Å². The van der Waals surface area contributed by atoms with Gasteiger partial charge in [0.25, 0.3) is 5.91 Å². The maximum Gasteiger partial charge on any atom is 0.251 e. The molecule has 20 heavy (non-hydrogen) atoms. The Morgan fingerprint density at radius 1 is 1.35 bits per heavy atom. The van der Waals surface area contributed by atoms with Crippen LogP contribution in [0.1, 0.15) is 10.4 Å². The normalized spacial score (nSPS) is 10.4. The quantitative estimate of drug-likeness (QED) is 0.794. The zero-order valence-electron chi connectivity index (χ0n) is 11.0. The minimum absolute atomic E-state index is 0.150. The lowest BCUT2D eigenvalue weighted by atomic mass is 10.2. The predicted molar refractivity (Wildman–Crippen MR) is 76.8 cm³/mol. The van der Waals surface area contributed by atoms with Crippen LogP contribution in [-0.4, -0.2) is 35.4 Å². The molecular formula is C14H16ClN3O2. The van der Waals surface area contributed by atoms with Crippen molar-refractivity contribution >= 4 is 17.5 Å². The smallest absolute Gasteiger partial charge is 0.251 e. The zero-order chi connectivity index (χ0) is 14.2. The summed E-state index contributed by atoms with van der Waals surface area (Å²) in [5.74, 6) is -0.150.